The Balaban J connectivity index is 3.77. The summed E-state index contributed by atoms with van der Waals surface area (Å²) in [6.45, 7) is 7.71. The van der Waals surface area contributed by atoms with E-state index in [0.717, 1.165) is 19.4 Å². The molecule has 13 heavy (non-hydrogen) atoms. The van der Waals surface area contributed by atoms with Crippen molar-refractivity contribution in [1.82, 2.24) is 0 Å². The van der Waals surface area contributed by atoms with Crippen LogP contribution in [0.2, 0.25) is 0 Å². The normalized spacial score (nSPS) is 16.2. The summed E-state index contributed by atoms with van der Waals surface area (Å²) in [6.07, 6.45) is 2.16. The molecule has 0 aromatic heterocycles. The summed E-state index contributed by atoms with van der Waals surface area (Å²) in [5, 5.41) is 9.20. The number of hydrogen-bond donors (Lipinski definition) is 1. The van der Waals surface area contributed by atoms with Crippen molar-refractivity contribution in [3.63, 3.8) is 0 Å². The minimum Gasteiger partial charge on any atom is -0.396 e. The van der Waals surface area contributed by atoms with Crippen LogP contribution in [0.5, 0.6) is 0 Å². The van der Waals surface area contributed by atoms with Crippen molar-refractivity contribution in [2.75, 3.05) is 20.3 Å². The highest BCUT2D eigenvalue weighted by Gasteiger charge is 2.17. The molecule has 0 aromatic rings. The van der Waals surface area contributed by atoms with Crippen LogP contribution < -0.4 is 0 Å². The predicted octanol–water partition coefficient (Wildman–Crippen LogP) is 2.31. The molecule has 0 aliphatic heterocycles. The summed E-state index contributed by atoms with van der Waals surface area (Å²) in [7, 11) is 1.73. The van der Waals surface area contributed by atoms with Gasteiger partial charge in [-0.15, -0.1) is 0 Å². The van der Waals surface area contributed by atoms with Crippen molar-refractivity contribution >= 4 is 0 Å². The maximum absolute atomic E-state index is 9.20. The SMILES string of the molecule is COCCC(C)C(CO)CC(C)C. The number of aliphatic hydroxyl groups excluding tert-OH is 1. The lowest BCUT2D eigenvalue weighted by Gasteiger charge is -2.23. The summed E-state index contributed by atoms with van der Waals surface area (Å²) in [6, 6.07) is 0. The largest absolute Gasteiger partial charge is 0.396 e. The van der Waals surface area contributed by atoms with E-state index in [-0.39, 0.29) is 0 Å². The molecule has 2 unspecified atom stereocenters. The summed E-state index contributed by atoms with van der Waals surface area (Å²) in [5.74, 6) is 1.67. The Kier molecular flexibility index (Phi) is 7.29. The van der Waals surface area contributed by atoms with Gasteiger partial charge in [-0.3, -0.25) is 0 Å². The molecule has 2 nitrogen and oxygen atoms in total. The molecule has 0 fully saturated rings. The first kappa shape index (κ1) is 12.9. The Morgan fingerprint density at radius 1 is 1.23 bits per heavy atom. The van der Waals surface area contributed by atoms with Gasteiger partial charge in [0.1, 0.15) is 0 Å². The molecule has 2 atom stereocenters. The monoisotopic (exact) mass is 188 g/mol. The zero-order valence-corrected chi connectivity index (χ0v) is 9.42. The maximum atomic E-state index is 9.20. The van der Waals surface area contributed by atoms with Crippen molar-refractivity contribution in [3.05, 3.63) is 0 Å². The highest BCUT2D eigenvalue weighted by Crippen LogP contribution is 2.22. The van der Waals surface area contributed by atoms with Crippen LogP contribution in [-0.4, -0.2) is 25.4 Å². The van der Waals surface area contributed by atoms with Crippen molar-refractivity contribution in [2.24, 2.45) is 17.8 Å². The molecule has 0 aliphatic carbocycles. The molecule has 0 saturated heterocycles. The van der Waals surface area contributed by atoms with Gasteiger partial charge in [-0.05, 0) is 30.6 Å². The third-order valence-corrected chi connectivity index (χ3v) is 2.59. The van der Waals surface area contributed by atoms with Crippen LogP contribution in [0.4, 0.5) is 0 Å². The highest BCUT2D eigenvalue weighted by molar-refractivity contribution is 4.67. The van der Waals surface area contributed by atoms with Gasteiger partial charge in [-0.2, -0.15) is 0 Å². The molecule has 0 aromatic carbocycles. The number of ether oxygens (including phenoxy) is 1. The Morgan fingerprint density at radius 2 is 1.85 bits per heavy atom. The fourth-order valence-electron chi connectivity index (χ4n) is 1.63. The van der Waals surface area contributed by atoms with Gasteiger partial charge in [0.05, 0.1) is 0 Å². The van der Waals surface area contributed by atoms with Crippen LogP contribution in [0.1, 0.15) is 33.6 Å². The first-order valence-corrected chi connectivity index (χ1v) is 5.21. The molecule has 1 N–H and O–H groups in total. The average Bonchev–Trinajstić information content (AvgIpc) is 2.09. The molecule has 0 saturated carbocycles. The van der Waals surface area contributed by atoms with Crippen molar-refractivity contribution in [1.29, 1.82) is 0 Å². The van der Waals surface area contributed by atoms with Gasteiger partial charge in [0.2, 0.25) is 0 Å². The second-order valence-electron chi connectivity index (χ2n) is 4.33. The number of hydrogen-bond acceptors (Lipinski definition) is 2. The van der Waals surface area contributed by atoms with Crippen LogP contribution in [0.15, 0.2) is 0 Å². The van der Waals surface area contributed by atoms with Crippen LogP contribution in [0.25, 0.3) is 0 Å². The highest BCUT2D eigenvalue weighted by atomic mass is 16.5. The first-order valence-electron chi connectivity index (χ1n) is 5.21. The zero-order valence-electron chi connectivity index (χ0n) is 9.42. The van der Waals surface area contributed by atoms with Crippen LogP contribution in [0.3, 0.4) is 0 Å². The molecule has 2 heteroatoms. The maximum Gasteiger partial charge on any atom is 0.0464 e. The minimum absolute atomic E-state index is 0.309. The van der Waals surface area contributed by atoms with Gasteiger partial charge in [0, 0.05) is 20.3 Å². The van der Waals surface area contributed by atoms with E-state index in [9.17, 15) is 5.11 Å². The molecule has 0 heterocycles. The first-order chi connectivity index (χ1) is 6.11. The number of rotatable bonds is 7. The van der Waals surface area contributed by atoms with Gasteiger partial charge in [-0.25, -0.2) is 0 Å². The summed E-state index contributed by atoms with van der Waals surface area (Å²) in [5.41, 5.74) is 0. The molecule has 0 spiro atoms. The topological polar surface area (TPSA) is 29.5 Å². The van der Waals surface area contributed by atoms with E-state index in [2.05, 4.69) is 20.8 Å². The summed E-state index contributed by atoms with van der Waals surface area (Å²) >= 11 is 0. The van der Waals surface area contributed by atoms with Crippen LogP contribution >= 0.6 is 0 Å². The fourth-order valence-corrected chi connectivity index (χ4v) is 1.63. The van der Waals surface area contributed by atoms with E-state index in [4.69, 9.17) is 4.74 Å². The molecule has 0 rings (SSSR count). The lowest BCUT2D eigenvalue weighted by molar-refractivity contribution is 0.123. The second-order valence-corrected chi connectivity index (χ2v) is 4.33. The van der Waals surface area contributed by atoms with Crippen molar-refractivity contribution in [3.8, 4) is 0 Å². The Bertz CT molecular complexity index is 113. The molecular weight excluding hydrogens is 164 g/mol. The second kappa shape index (κ2) is 7.34. The standard InChI is InChI=1S/C11H24O2/c1-9(2)7-11(8-12)10(3)5-6-13-4/h9-12H,5-8H2,1-4H3. The number of aliphatic hydroxyl groups is 1. The predicted molar refractivity (Wildman–Crippen MR) is 55.7 cm³/mol. The van der Waals surface area contributed by atoms with E-state index in [1.807, 2.05) is 0 Å². The van der Waals surface area contributed by atoms with E-state index < -0.39 is 0 Å². The van der Waals surface area contributed by atoms with Gasteiger partial charge >= 0.3 is 0 Å². The lowest BCUT2D eigenvalue weighted by Crippen LogP contribution is -2.19. The van der Waals surface area contributed by atoms with Gasteiger partial charge in [-0.1, -0.05) is 20.8 Å². The Morgan fingerprint density at radius 3 is 2.23 bits per heavy atom. The molecule has 80 valence electrons. The number of methoxy groups -OCH3 is 1. The third kappa shape index (κ3) is 6.05. The van der Waals surface area contributed by atoms with E-state index >= 15 is 0 Å². The molecule has 0 amide bonds. The lowest BCUT2D eigenvalue weighted by atomic mass is 9.85. The van der Waals surface area contributed by atoms with E-state index in [0.29, 0.717) is 24.4 Å². The van der Waals surface area contributed by atoms with Gasteiger partial charge < -0.3 is 9.84 Å². The smallest absolute Gasteiger partial charge is 0.0464 e. The minimum atomic E-state index is 0.309. The van der Waals surface area contributed by atoms with E-state index in [1.54, 1.807) is 7.11 Å². The average molecular weight is 188 g/mol. The molecule has 0 aliphatic rings. The summed E-state index contributed by atoms with van der Waals surface area (Å²) < 4.78 is 5.03. The fraction of sp³-hybridized carbons (Fsp3) is 1.00. The third-order valence-electron chi connectivity index (χ3n) is 2.59. The molecular formula is C11H24O2. The zero-order chi connectivity index (χ0) is 10.3. The Hall–Kier alpha value is -0.0800. The molecule has 0 bridgehead atoms. The summed E-state index contributed by atoms with van der Waals surface area (Å²) in [4.78, 5) is 0. The van der Waals surface area contributed by atoms with Crippen molar-refractivity contribution in [2.45, 2.75) is 33.6 Å². The van der Waals surface area contributed by atoms with E-state index in [1.165, 1.54) is 0 Å². The quantitative estimate of drug-likeness (QED) is 0.664. The van der Waals surface area contributed by atoms with Gasteiger partial charge in [0.15, 0.2) is 0 Å². The van der Waals surface area contributed by atoms with Gasteiger partial charge in [0.25, 0.3) is 0 Å². The molecule has 0 radical (unpaired) electrons. The van der Waals surface area contributed by atoms with Crippen molar-refractivity contribution < 1.29 is 9.84 Å². The Labute approximate surface area is 82.3 Å². The van der Waals surface area contributed by atoms with Crippen LogP contribution in [-0.2, 0) is 4.74 Å². The van der Waals surface area contributed by atoms with Crippen LogP contribution in [0, 0.1) is 17.8 Å².